The molecule has 0 radical (unpaired) electrons. The number of morpholine rings is 1. The molecule has 17 heavy (non-hydrogen) atoms. The molecule has 1 heterocycles. The molecule has 0 aromatic heterocycles. The molecule has 6 nitrogen and oxygen atoms in total. The fourth-order valence-electron chi connectivity index (χ4n) is 1.52. The van der Waals surface area contributed by atoms with Crippen LogP contribution in [0.15, 0.2) is 12.2 Å². The molecule has 0 saturated carbocycles. The average molecular weight is 242 g/mol. The molecule has 0 aliphatic carbocycles. The summed E-state index contributed by atoms with van der Waals surface area (Å²) < 4.78 is 5.03. The zero-order valence-corrected chi connectivity index (χ0v) is 9.89. The molecule has 0 bridgehead atoms. The van der Waals surface area contributed by atoms with Crippen LogP contribution in [-0.4, -0.2) is 54.4 Å². The van der Waals surface area contributed by atoms with Crippen molar-refractivity contribution in [2.75, 3.05) is 26.2 Å². The molecule has 1 fully saturated rings. The van der Waals surface area contributed by atoms with Gasteiger partial charge < -0.3 is 20.1 Å². The quantitative estimate of drug-likeness (QED) is 0.554. The van der Waals surface area contributed by atoms with Crippen molar-refractivity contribution in [1.82, 2.24) is 10.2 Å². The van der Waals surface area contributed by atoms with Gasteiger partial charge in [-0.05, 0) is 13.3 Å². The van der Waals surface area contributed by atoms with Crippen LogP contribution in [0, 0.1) is 0 Å². The highest BCUT2D eigenvalue weighted by molar-refractivity contribution is 5.77. The van der Waals surface area contributed by atoms with E-state index >= 15 is 0 Å². The van der Waals surface area contributed by atoms with E-state index < -0.39 is 12.1 Å². The number of carbonyl (C=O) groups is 2. The lowest BCUT2D eigenvalue weighted by Gasteiger charge is -2.30. The molecule has 96 valence electrons. The van der Waals surface area contributed by atoms with Gasteiger partial charge >= 0.3 is 12.0 Å². The second-order valence-electron chi connectivity index (χ2n) is 3.73. The van der Waals surface area contributed by atoms with Gasteiger partial charge in [-0.15, -0.1) is 0 Å². The third-order valence-electron chi connectivity index (χ3n) is 2.45. The van der Waals surface area contributed by atoms with Crippen molar-refractivity contribution in [3.8, 4) is 0 Å². The minimum Gasteiger partial charge on any atom is -0.479 e. The van der Waals surface area contributed by atoms with E-state index in [1.807, 2.05) is 19.1 Å². The van der Waals surface area contributed by atoms with Crippen molar-refractivity contribution in [3.63, 3.8) is 0 Å². The number of carbonyl (C=O) groups excluding carboxylic acids is 1. The van der Waals surface area contributed by atoms with E-state index in [0.717, 1.165) is 6.42 Å². The van der Waals surface area contributed by atoms with Gasteiger partial charge in [0.25, 0.3) is 0 Å². The van der Waals surface area contributed by atoms with Crippen LogP contribution in [-0.2, 0) is 9.53 Å². The normalized spacial score (nSPS) is 20.5. The summed E-state index contributed by atoms with van der Waals surface area (Å²) in [5.74, 6) is -1.03. The lowest BCUT2D eigenvalue weighted by molar-refractivity contribution is -0.154. The topological polar surface area (TPSA) is 78.9 Å². The zero-order valence-electron chi connectivity index (χ0n) is 9.89. The molecule has 6 heteroatoms. The Labute approximate surface area is 100 Å². The van der Waals surface area contributed by atoms with Crippen LogP contribution >= 0.6 is 0 Å². The number of ether oxygens (including phenoxy) is 1. The van der Waals surface area contributed by atoms with Crippen LogP contribution in [0.5, 0.6) is 0 Å². The maximum atomic E-state index is 11.7. The fraction of sp³-hybridized carbons (Fsp3) is 0.636. The van der Waals surface area contributed by atoms with Crippen LogP contribution in [0.1, 0.15) is 13.3 Å². The van der Waals surface area contributed by atoms with Gasteiger partial charge in [0.15, 0.2) is 6.10 Å². The molecule has 1 atom stereocenters. The standard InChI is InChI=1S/C11H18N2O4/c1-2-3-4-5-12-11(16)13-6-7-17-9(8-13)10(14)15/h2-3,9H,4-8H2,1H3,(H,12,16)(H,14,15)/b3-2+. The summed E-state index contributed by atoms with van der Waals surface area (Å²) >= 11 is 0. The number of amides is 2. The number of aliphatic carboxylic acids is 1. The van der Waals surface area contributed by atoms with Crippen molar-refractivity contribution in [3.05, 3.63) is 12.2 Å². The Morgan fingerprint density at radius 3 is 3.00 bits per heavy atom. The molecule has 2 amide bonds. The Morgan fingerprint density at radius 2 is 2.35 bits per heavy atom. The number of nitrogens with zero attached hydrogens (tertiary/aromatic N) is 1. The smallest absolute Gasteiger partial charge is 0.334 e. The van der Waals surface area contributed by atoms with Crippen molar-refractivity contribution < 1.29 is 19.4 Å². The van der Waals surface area contributed by atoms with E-state index in [1.54, 1.807) is 0 Å². The first-order valence-corrected chi connectivity index (χ1v) is 5.63. The number of carboxylic acid groups (broad SMARTS) is 1. The van der Waals surface area contributed by atoms with Crippen molar-refractivity contribution in [2.45, 2.75) is 19.4 Å². The molecule has 2 N–H and O–H groups in total. The van der Waals surface area contributed by atoms with E-state index in [9.17, 15) is 9.59 Å². The molecule has 0 aromatic carbocycles. The maximum absolute atomic E-state index is 11.7. The van der Waals surface area contributed by atoms with Gasteiger partial charge in [-0.25, -0.2) is 9.59 Å². The SMILES string of the molecule is C/C=C/CCNC(=O)N1CCOC(C(=O)O)C1. The Balaban J connectivity index is 2.33. The average Bonchev–Trinajstić information content (AvgIpc) is 2.34. The van der Waals surface area contributed by atoms with Crippen LogP contribution in [0.4, 0.5) is 4.79 Å². The highest BCUT2D eigenvalue weighted by Gasteiger charge is 2.28. The zero-order chi connectivity index (χ0) is 12.7. The lowest BCUT2D eigenvalue weighted by atomic mass is 10.3. The predicted octanol–water partition coefficient (Wildman–Crippen LogP) is 0.448. The van der Waals surface area contributed by atoms with E-state index in [0.29, 0.717) is 13.1 Å². The summed E-state index contributed by atoms with van der Waals surface area (Å²) in [5.41, 5.74) is 0. The number of allylic oxidation sites excluding steroid dienone is 1. The van der Waals surface area contributed by atoms with Crippen molar-refractivity contribution >= 4 is 12.0 Å². The van der Waals surface area contributed by atoms with Crippen LogP contribution < -0.4 is 5.32 Å². The second kappa shape index (κ2) is 6.90. The van der Waals surface area contributed by atoms with Crippen molar-refractivity contribution in [1.29, 1.82) is 0 Å². The minimum absolute atomic E-state index is 0.102. The first kappa shape index (κ1) is 13.5. The van der Waals surface area contributed by atoms with Gasteiger partial charge in [-0.3, -0.25) is 0 Å². The summed E-state index contributed by atoms with van der Waals surface area (Å²) in [6.45, 7) is 3.27. The number of carboxylic acids is 1. The number of hydrogen-bond donors (Lipinski definition) is 2. The monoisotopic (exact) mass is 242 g/mol. The maximum Gasteiger partial charge on any atom is 0.334 e. The Hall–Kier alpha value is -1.56. The number of nitrogens with one attached hydrogen (secondary N) is 1. The number of urea groups is 1. The van der Waals surface area contributed by atoms with E-state index in [2.05, 4.69) is 5.32 Å². The molecule has 1 aliphatic heterocycles. The summed E-state index contributed by atoms with van der Waals surface area (Å²) in [4.78, 5) is 23.9. The largest absolute Gasteiger partial charge is 0.479 e. The van der Waals surface area contributed by atoms with Crippen molar-refractivity contribution in [2.24, 2.45) is 0 Å². The highest BCUT2D eigenvalue weighted by Crippen LogP contribution is 2.05. The first-order chi connectivity index (χ1) is 8.15. The lowest BCUT2D eigenvalue weighted by Crippen LogP contribution is -2.51. The Morgan fingerprint density at radius 1 is 1.59 bits per heavy atom. The fourth-order valence-corrected chi connectivity index (χ4v) is 1.52. The molecular formula is C11H18N2O4. The van der Waals surface area contributed by atoms with Gasteiger partial charge in [0.05, 0.1) is 13.2 Å². The molecule has 1 saturated heterocycles. The van der Waals surface area contributed by atoms with E-state index in [4.69, 9.17) is 9.84 Å². The van der Waals surface area contributed by atoms with E-state index in [-0.39, 0.29) is 19.2 Å². The second-order valence-corrected chi connectivity index (χ2v) is 3.73. The molecule has 0 aromatic rings. The van der Waals surface area contributed by atoms with Crippen LogP contribution in [0.3, 0.4) is 0 Å². The molecule has 1 unspecified atom stereocenters. The van der Waals surface area contributed by atoms with Gasteiger partial charge in [-0.2, -0.15) is 0 Å². The number of rotatable bonds is 4. The molecular weight excluding hydrogens is 224 g/mol. The Kier molecular flexibility index (Phi) is 5.48. The first-order valence-electron chi connectivity index (χ1n) is 5.63. The molecule has 0 spiro atoms. The molecule has 1 rings (SSSR count). The summed E-state index contributed by atoms with van der Waals surface area (Å²) in [6, 6.07) is -0.232. The van der Waals surface area contributed by atoms with Gasteiger partial charge in [0.2, 0.25) is 0 Å². The third-order valence-corrected chi connectivity index (χ3v) is 2.45. The van der Waals surface area contributed by atoms with Gasteiger partial charge in [0, 0.05) is 13.1 Å². The van der Waals surface area contributed by atoms with E-state index in [1.165, 1.54) is 4.90 Å². The van der Waals surface area contributed by atoms with Crippen LogP contribution in [0.2, 0.25) is 0 Å². The van der Waals surface area contributed by atoms with Gasteiger partial charge in [-0.1, -0.05) is 12.2 Å². The molecule has 1 aliphatic rings. The predicted molar refractivity (Wildman–Crippen MR) is 61.8 cm³/mol. The minimum atomic E-state index is -1.03. The Bertz CT molecular complexity index is 304. The summed E-state index contributed by atoms with van der Waals surface area (Å²) in [6.07, 6.45) is 3.74. The van der Waals surface area contributed by atoms with Crippen LogP contribution in [0.25, 0.3) is 0 Å². The highest BCUT2D eigenvalue weighted by atomic mass is 16.5. The number of hydrogen-bond acceptors (Lipinski definition) is 3. The summed E-state index contributed by atoms with van der Waals surface area (Å²) in [5, 5.41) is 11.5. The summed E-state index contributed by atoms with van der Waals surface area (Å²) in [7, 11) is 0. The van der Waals surface area contributed by atoms with Gasteiger partial charge in [0.1, 0.15) is 0 Å². The third kappa shape index (κ3) is 4.44.